The monoisotopic (exact) mass is 718 g/mol. The highest BCUT2D eigenvalue weighted by molar-refractivity contribution is 6.33. The number of carbonyl (C=O) groups excluding carboxylic acids is 2. The third kappa shape index (κ3) is 8.44. The summed E-state index contributed by atoms with van der Waals surface area (Å²) >= 11 is 12.8. The molecule has 2 atom stereocenters. The van der Waals surface area contributed by atoms with Crippen molar-refractivity contribution in [3.05, 3.63) is 104 Å². The number of aldehydes is 2. The largest absolute Gasteiger partial charge is 0.489 e. The molecular weight excluding hydrogens is 679 g/mol. The van der Waals surface area contributed by atoms with Gasteiger partial charge in [-0.25, -0.2) is 0 Å². The Balaban J connectivity index is 1.19. The smallest absolute Gasteiger partial charge is 0.163 e. The summed E-state index contributed by atoms with van der Waals surface area (Å²) in [6.45, 7) is 8.37. The number of carbonyl (C=O) groups is 2. The van der Waals surface area contributed by atoms with Gasteiger partial charge in [0.2, 0.25) is 0 Å². The molecule has 2 unspecified atom stereocenters. The standard InChI is InChI=1S/C40H40Cl2O8/c1-25-29(23-49-39-15-35(41)31(17-43)13-37(39)47-21-27-9-11-45-19-27)5-3-7-33(25)34-8-4-6-30(26(34)2)24-50-40-16-36(42)32(18-44)14-38(40)48-22-28-10-12-46-20-28/h3-8,13-18,27-28H,9-12,19-24H2,1-2H3. The highest BCUT2D eigenvalue weighted by Crippen LogP contribution is 2.37. The Labute approximate surface area is 302 Å². The van der Waals surface area contributed by atoms with E-state index in [2.05, 4.69) is 26.0 Å². The van der Waals surface area contributed by atoms with Crippen LogP contribution in [0.2, 0.25) is 10.0 Å². The molecular formula is C40H40Cl2O8. The molecule has 0 bridgehead atoms. The highest BCUT2D eigenvalue weighted by Gasteiger charge is 2.21. The number of halogens is 2. The predicted octanol–water partition coefficient (Wildman–Crippen LogP) is 8.89. The lowest BCUT2D eigenvalue weighted by molar-refractivity contribution is 0.111. The molecule has 0 aliphatic carbocycles. The number of ether oxygens (including phenoxy) is 6. The van der Waals surface area contributed by atoms with Crippen molar-refractivity contribution < 1.29 is 38.0 Å². The minimum atomic E-state index is 0.272. The molecule has 2 saturated heterocycles. The molecule has 0 radical (unpaired) electrons. The van der Waals surface area contributed by atoms with Crippen LogP contribution in [0, 0.1) is 25.7 Å². The Kier molecular flexibility index (Phi) is 12.0. The van der Waals surface area contributed by atoms with Gasteiger partial charge in [-0.2, -0.15) is 0 Å². The van der Waals surface area contributed by atoms with Crippen molar-refractivity contribution in [3.63, 3.8) is 0 Å². The van der Waals surface area contributed by atoms with Crippen LogP contribution < -0.4 is 18.9 Å². The molecule has 262 valence electrons. The van der Waals surface area contributed by atoms with Gasteiger partial charge < -0.3 is 28.4 Å². The van der Waals surface area contributed by atoms with Crippen LogP contribution >= 0.6 is 23.2 Å². The Morgan fingerprint density at radius 3 is 1.44 bits per heavy atom. The van der Waals surface area contributed by atoms with Crippen molar-refractivity contribution in [2.24, 2.45) is 11.8 Å². The molecule has 0 aromatic heterocycles. The molecule has 0 saturated carbocycles. The molecule has 2 fully saturated rings. The Bertz CT molecular complexity index is 1700. The first-order chi connectivity index (χ1) is 24.3. The maximum atomic E-state index is 11.6. The summed E-state index contributed by atoms with van der Waals surface area (Å²) < 4.78 is 35.8. The van der Waals surface area contributed by atoms with Gasteiger partial charge in [-0.15, -0.1) is 0 Å². The molecule has 10 heteroatoms. The summed E-state index contributed by atoms with van der Waals surface area (Å²) in [6, 6.07) is 18.8. The molecule has 0 spiro atoms. The molecule has 6 rings (SSSR count). The van der Waals surface area contributed by atoms with Crippen LogP contribution in [-0.2, 0) is 22.7 Å². The number of hydrogen-bond donors (Lipinski definition) is 0. The van der Waals surface area contributed by atoms with Gasteiger partial charge in [0.15, 0.2) is 35.6 Å². The fourth-order valence-electron chi connectivity index (χ4n) is 6.15. The third-order valence-electron chi connectivity index (χ3n) is 9.33. The fourth-order valence-corrected chi connectivity index (χ4v) is 6.55. The number of benzene rings is 4. The van der Waals surface area contributed by atoms with E-state index in [1.807, 2.05) is 24.3 Å². The summed E-state index contributed by atoms with van der Waals surface area (Å²) in [5.41, 5.74) is 6.95. The lowest BCUT2D eigenvalue weighted by Gasteiger charge is -2.19. The summed E-state index contributed by atoms with van der Waals surface area (Å²) in [5.74, 6) is 2.47. The van der Waals surface area contributed by atoms with Gasteiger partial charge in [-0.05, 0) is 72.2 Å². The van der Waals surface area contributed by atoms with Gasteiger partial charge >= 0.3 is 0 Å². The van der Waals surface area contributed by atoms with Crippen LogP contribution in [0.25, 0.3) is 11.1 Å². The Hall–Kier alpha value is -4.08. The van der Waals surface area contributed by atoms with Crippen molar-refractivity contribution in [1.29, 1.82) is 0 Å². The fraction of sp³-hybridized carbons (Fsp3) is 0.350. The molecule has 4 aromatic carbocycles. The predicted molar refractivity (Wildman–Crippen MR) is 193 cm³/mol. The zero-order valence-electron chi connectivity index (χ0n) is 28.2. The van der Waals surface area contributed by atoms with Gasteiger partial charge in [-0.1, -0.05) is 59.6 Å². The second-order valence-electron chi connectivity index (χ2n) is 12.7. The van der Waals surface area contributed by atoms with Crippen molar-refractivity contribution in [3.8, 4) is 34.1 Å². The minimum Gasteiger partial charge on any atom is -0.489 e. The van der Waals surface area contributed by atoms with E-state index >= 15 is 0 Å². The van der Waals surface area contributed by atoms with Crippen molar-refractivity contribution in [2.45, 2.75) is 39.9 Å². The molecule has 8 nitrogen and oxygen atoms in total. The van der Waals surface area contributed by atoms with Gasteiger partial charge in [0.05, 0.1) is 36.5 Å². The molecule has 2 aliphatic heterocycles. The van der Waals surface area contributed by atoms with E-state index < -0.39 is 0 Å². The summed E-state index contributed by atoms with van der Waals surface area (Å²) in [7, 11) is 0. The van der Waals surface area contributed by atoms with E-state index in [-0.39, 0.29) is 25.0 Å². The summed E-state index contributed by atoms with van der Waals surface area (Å²) in [6.07, 6.45) is 3.28. The van der Waals surface area contributed by atoms with E-state index in [0.29, 0.717) is 83.2 Å². The lowest BCUT2D eigenvalue weighted by Crippen LogP contribution is -2.12. The Morgan fingerprint density at radius 1 is 0.640 bits per heavy atom. The number of hydrogen-bond acceptors (Lipinski definition) is 8. The van der Waals surface area contributed by atoms with Gasteiger partial charge in [-0.3, -0.25) is 9.59 Å². The van der Waals surface area contributed by atoms with Gasteiger partial charge in [0.1, 0.15) is 13.2 Å². The Morgan fingerprint density at radius 2 is 1.06 bits per heavy atom. The summed E-state index contributed by atoms with van der Waals surface area (Å²) in [4.78, 5) is 23.2. The zero-order valence-corrected chi connectivity index (χ0v) is 29.7. The molecule has 50 heavy (non-hydrogen) atoms. The van der Waals surface area contributed by atoms with E-state index in [0.717, 1.165) is 59.4 Å². The first-order valence-corrected chi connectivity index (χ1v) is 17.5. The van der Waals surface area contributed by atoms with E-state index in [1.165, 1.54) is 0 Å². The van der Waals surface area contributed by atoms with E-state index in [9.17, 15) is 9.59 Å². The normalized spacial score (nSPS) is 17.0. The SMILES string of the molecule is Cc1c(COc2cc(Cl)c(C=O)cc2OCC2CCOC2)cccc1-c1cccc(COc2cc(Cl)c(C=O)cc2OCC2CCOC2)c1C. The van der Waals surface area contributed by atoms with Gasteiger partial charge in [0.25, 0.3) is 0 Å². The average molecular weight is 720 g/mol. The van der Waals surface area contributed by atoms with Crippen LogP contribution in [0.3, 0.4) is 0 Å². The first kappa shape index (κ1) is 35.7. The lowest BCUT2D eigenvalue weighted by atomic mass is 9.92. The second kappa shape index (κ2) is 16.8. The molecule has 2 heterocycles. The molecule has 0 N–H and O–H groups in total. The average Bonchev–Trinajstić information content (AvgIpc) is 3.85. The van der Waals surface area contributed by atoms with E-state index in [1.54, 1.807) is 24.3 Å². The maximum Gasteiger partial charge on any atom is 0.163 e. The number of rotatable bonds is 15. The highest BCUT2D eigenvalue weighted by atomic mass is 35.5. The van der Waals surface area contributed by atoms with Crippen LogP contribution in [0.4, 0.5) is 0 Å². The van der Waals surface area contributed by atoms with Crippen LogP contribution in [0.1, 0.15) is 55.8 Å². The maximum absolute atomic E-state index is 11.6. The van der Waals surface area contributed by atoms with Crippen LogP contribution in [0.15, 0.2) is 60.7 Å². The molecule has 0 amide bonds. The third-order valence-corrected chi connectivity index (χ3v) is 9.98. The van der Waals surface area contributed by atoms with E-state index in [4.69, 9.17) is 51.6 Å². The van der Waals surface area contributed by atoms with Crippen LogP contribution in [0.5, 0.6) is 23.0 Å². The molecule has 2 aliphatic rings. The quantitative estimate of drug-likeness (QED) is 0.113. The van der Waals surface area contributed by atoms with Gasteiger partial charge in [0, 0.05) is 48.3 Å². The zero-order chi connectivity index (χ0) is 35.0. The molecule has 4 aromatic rings. The van der Waals surface area contributed by atoms with Crippen molar-refractivity contribution in [2.75, 3.05) is 39.6 Å². The second-order valence-corrected chi connectivity index (χ2v) is 13.5. The van der Waals surface area contributed by atoms with Crippen molar-refractivity contribution >= 4 is 35.8 Å². The minimum absolute atomic E-state index is 0.272. The summed E-state index contributed by atoms with van der Waals surface area (Å²) in [5, 5.41) is 0.603. The topological polar surface area (TPSA) is 89.5 Å². The first-order valence-electron chi connectivity index (χ1n) is 16.8. The van der Waals surface area contributed by atoms with Crippen molar-refractivity contribution in [1.82, 2.24) is 0 Å². The van der Waals surface area contributed by atoms with Crippen LogP contribution in [-0.4, -0.2) is 52.2 Å².